The van der Waals surface area contributed by atoms with Gasteiger partial charge in [-0.3, -0.25) is 0 Å². The van der Waals surface area contributed by atoms with Crippen molar-refractivity contribution >= 4 is 9.84 Å². The predicted octanol–water partition coefficient (Wildman–Crippen LogP) is 2.45. The van der Waals surface area contributed by atoms with Crippen LogP contribution >= 0.6 is 0 Å². The second kappa shape index (κ2) is 5.30. The third-order valence-corrected chi connectivity index (χ3v) is 3.99. The van der Waals surface area contributed by atoms with Crippen LogP contribution in [0.2, 0.25) is 0 Å². The summed E-state index contributed by atoms with van der Waals surface area (Å²) in [6, 6.07) is 8.62. The molecule has 0 aliphatic heterocycles. The highest BCUT2D eigenvalue weighted by atomic mass is 32.2. The summed E-state index contributed by atoms with van der Waals surface area (Å²) in [6.07, 6.45) is -0.555. The van der Waals surface area contributed by atoms with Crippen molar-refractivity contribution in [2.24, 2.45) is 0 Å². The molecule has 20 heavy (non-hydrogen) atoms. The lowest BCUT2D eigenvalue weighted by molar-refractivity contribution is 0.209. The quantitative estimate of drug-likeness (QED) is 0.947. The first kappa shape index (κ1) is 14.6. The lowest BCUT2D eigenvalue weighted by Crippen LogP contribution is -2.07. The van der Waals surface area contributed by atoms with Crippen LogP contribution in [0.1, 0.15) is 17.2 Å². The number of aliphatic hydroxyl groups is 1. The zero-order chi connectivity index (χ0) is 14.9. The van der Waals surface area contributed by atoms with Crippen LogP contribution in [0.15, 0.2) is 47.4 Å². The SMILES string of the molecule is CS(=O)(=O)c1cccc(C(O)c2c(F)cccc2F)c1. The van der Waals surface area contributed by atoms with Crippen LogP contribution < -0.4 is 0 Å². The maximum Gasteiger partial charge on any atom is 0.175 e. The Kier molecular flexibility index (Phi) is 3.87. The first-order chi connectivity index (χ1) is 9.30. The molecule has 0 saturated heterocycles. The van der Waals surface area contributed by atoms with Gasteiger partial charge in [-0.05, 0) is 29.8 Å². The summed E-state index contributed by atoms with van der Waals surface area (Å²) >= 11 is 0. The number of hydrogen-bond donors (Lipinski definition) is 1. The molecule has 2 aromatic rings. The van der Waals surface area contributed by atoms with Gasteiger partial charge in [0.1, 0.15) is 17.7 Å². The number of halogens is 2. The molecular formula is C14H12F2O3S. The van der Waals surface area contributed by atoms with Crippen molar-refractivity contribution in [1.82, 2.24) is 0 Å². The van der Waals surface area contributed by atoms with E-state index in [1.165, 1.54) is 30.3 Å². The summed E-state index contributed by atoms with van der Waals surface area (Å²) in [4.78, 5) is -0.0224. The van der Waals surface area contributed by atoms with E-state index in [1.807, 2.05) is 0 Å². The van der Waals surface area contributed by atoms with Crippen LogP contribution in [0.25, 0.3) is 0 Å². The fourth-order valence-corrected chi connectivity index (χ4v) is 2.53. The maximum atomic E-state index is 13.6. The molecule has 0 aliphatic rings. The molecule has 1 atom stereocenters. The van der Waals surface area contributed by atoms with Crippen LogP contribution in [-0.4, -0.2) is 19.8 Å². The molecule has 0 amide bonds. The van der Waals surface area contributed by atoms with Crippen LogP contribution in [0.4, 0.5) is 8.78 Å². The molecule has 2 rings (SSSR count). The second-order valence-corrected chi connectivity index (χ2v) is 6.40. The molecule has 0 bridgehead atoms. The molecule has 0 aromatic heterocycles. The van der Waals surface area contributed by atoms with Gasteiger partial charge in [0.15, 0.2) is 9.84 Å². The zero-order valence-electron chi connectivity index (χ0n) is 10.5. The highest BCUT2D eigenvalue weighted by Gasteiger charge is 2.20. The zero-order valence-corrected chi connectivity index (χ0v) is 11.4. The van der Waals surface area contributed by atoms with Crippen molar-refractivity contribution in [3.63, 3.8) is 0 Å². The van der Waals surface area contributed by atoms with Gasteiger partial charge in [-0.25, -0.2) is 17.2 Å². The highest BCUT2D eigenvalue weighted by Crippen LogP contribution is 2.28. The summed E-state index contributed by atoms with van der Waals surface area (Å²) in [5, 5.41) is 10.1. The van der Waals surface area contributed by atoms with E-state index in [1.54, 1.807) is 0 Å². The standard InChI is InChI=1S/C14H12F2O3S/c1-20(18,19)10-5-2-4-9(8-10)14(17)13-11(15)6-3-7-12(13)16/h2-8,14,17H,1H3. The van der Waals surface area contributed by atoms with Crippen LogP contribution in [-0.2, 0) is 9.84 Å². The molecule has 0 heterocycles. The van der Waals surface area contributed by atoms with Crippen LogP contribution in [0, 0.1) is 11.6 Å². The van der Waals surface area contributed by atoms with Crippen molar-refractivity contribution < 1.29 is 22.3 Å². The van der Waals surface area contributed by atoms with Gasteiger partial charge in [0.2, 0.25) is 0 Å². The van der Waals surface area contributed by atoms with Crippen molar-refractivity contribution in [3.05, 3.63) is 65.2 Å². The third kappa shape index (κ3) is 2.86. The van der Waals surface area contributed by atoms with E-state index in [0.29, 0.717) is 0 Å². The Balaban J connectivity index is 2.52. The van der Waals surface area contributed by atoms with Gasteiger partial charge in [0.25, 0.3) is 0 Å². The summed E-state index contributed by atoms with van der Waals surface area (Å²) < 4.78 is 50.1. The number of benzene rings is 2. The van der Waals surface area contributed by atoms with Gasteiger partial charge >= 0.3 is 0 Å². The molecule has 1 N–H and O–H groups in total. The molecule has 0 saturated carbocycles. The van der Waals surface area contributed by atoms with E-state index in [2.05, 4.69) is 0 Å². The Morgan fingerprint density at radius 2 is 1.60 bits per heavy atom. The minimum atomic E-state index is -3.46. The average Bonchev–Trinajstić information content (AvgIpc) is 2.37. The topological polar surface area (TPSA) is 54.4 Å². The molecule has 1 unspecified atom stereocenters. The smallest absolute Gasteiger partial charge is 0.175 e. The van der Waals surface area contributed by atoms with Gasteiger partial charge in [0, 0.05) is 6.26 Å². The predicted molar refractivity (Wildman–Crippen MR) is 70.0 cm³/mol. The fraction of sp³-hybridized carbons (Fsp3) is 0.143. The molecule has 0 spiro atoms. The summed E-state index contributed by atoms with van der Waals surface area (Å²) in [5.41, 5.74) is -0.393. The Hall–Kier alpha value is -1.79. The Bertz CT molecular complexity index is 722. The Labute approximate surface area is 115 Å². The minimum absolute atomic E-state index is 0.0224. The van der Waals surface area contributed by atoms with E-state index in [9.17, 15) is 22.3 Å². The normalized spacial score (nSPS) is 13.2. The van der Waals surface area contributed by atoms with E-state index in [0.717, 1.165) is 18.4 Å². The van der Waals surface area contributed by atoms with Gasteiger partial charge in [-0.2, -0.15) is 0 Å². The van der Waals surface area contributed by atoms with E-state index >= 15 is 0 Å². The minimum Gasteiger partial charge on any atom is -0.383 e. The van der Waals surface area contributed by atoms with Crippen molar-refractivity contribution in [2.45, 2.75) is 11.0 Å². The van der Waals surface area contributed by atoms with Crippen LogP contribution in [0.5, 0.6) is 0 Å². The number of rotatable bonds is 3. The summed E-state index contributed by atoms with van der Waals surface area (Å²) in [6.45, 7) is 0. The van der Waals surface area contributed by atoms with E-state index < -0.39 is 33.1 Å². The highest BCUT2D eigenvalue weighted by molar-refractivity contribution is 7.90. The molecule has 106 valence electrons. The molecule has 0 fully saturated rings. The van der Waals surface area contributed by atoms with Crippen molar-refractivity contribution in [2.75, 3.05) is 6.26 Å². The van der Waals surface area contributed by atoms with Gasteiger partial charge < -0.3 is 5.11 Å². The molecule has 3 nitrogen and oxygen atoms in total. The van der Waals surface area contributed by atoms with Crippen molar-refractivity contribution in [1.29, 1.82) is 0 Å². The number of aliphatic hydroxyl groups excluding tert-OH is 1. The van der Waals surface area contributed by atoms with Gasteiger partial charge in [-0.1, -0.05) is 18.2 Å². The molecular weight excluding hydrogens is 286 g/mol. The molecule has 0 radical (unpaired) electrons. The summed E-state index contributed by atoms with van der Waals surface area (Å²) in [7, 11) is -3.46. The maximum absolute atomic E-state index is 13.6. The van der Waals surface area contributed by atoms with Gasteiger partial charge in [0.05, 0.1) is 10.5 Å². The van der Waals surface area contributed by atoms with E-state index in [4.69, 9.17) is 0 Å². The summed E-state index contributed by atoms with van der Waals surface area (Å²) in [5.74, 6) is -1.77. The third-order valence-electron chi connectivity index (χ3n) is 2.88. The first-order valence-corrected chi connectivity index (χ1v) is 7.62. The second-order valence-electron chi connectivity index (χ2n) is 4.38. The Morgan fingerprint density at radius 3 is 2.15 bits per heavy atom. The number of hydrogen-bond acceptors (Lipinski definition) is 3. The molecule has 0 aliphatic carbocycles. The first-order valence-electron chi connectivity index (χ1n) is 5.72. The Morgan fingerprint density at radius 1 is 1.05 bits per heavy atom. The van der Waals surface area contributed by atoms with E-state index in [-0.39, 0.29) is 10.5 Å². The monoisotopic (exact) mass is 298 g/mol. The van der Waals surface area contributed by atoms with Crippen molar-refractivity contribution in [3.8, 4) is 0 Å². The average molecular weight is 298 g/mol. The largest absolute Gasteiger partial charge is 0.383 e. The molecule has 6 heteroatoms. The lowest BCUT2D eigenvalue weighted by Gasteiger charge is -2.14. The van der Waals surface area contributed by atoms with Crippen LogP contribution in [0.3, 0.4) is 0 Å². The lowest BCUT2D eigenvalue weighted by atomic mass is 10.0. The van der Waals surface area contributed by atoms with Gasteiger partial charge in [-0.15, -0.1) is 0 Å². The fourth-order valence-electron chi connectivity index (χ4n) is 1.85. The number of sulfone groups is 1. The molecule has 2 aromatic carbocycles.